The van der Waals surface area contributed by atoms with Crippen LogP contribution in [0, 0.1) is 41.5 Å². The van der Waals surface area contributed by atoms with E-state index in [1.165, 1.54) is 27.1 Å². The van der Waals surface area contributed by atoms with Crippen LogP contribution in [0.25, 0.3) is 0 Å². The quantitative estimate of drug-likeness (QED) is 0.861. The molecule has 0 spiro atoms. The lowest BCUT2D eigenvalue weighted by Gasteiger charge is -2.14. The van der Waals surface area contributed by atoms with E-state index in [-0.39, 0.29) is 5.91 Å². The van der Waals surface area contributed by atoms with Crippen molar-refractivity contribution >= 4 is 23.4 Å². The summed E-state index contributed by atoms with van der Waals surface area (Å²) in [7, 11) is 1.88. The number of hydrogen-bond donors (Lipinski definition) is 1. The van der Waals surface area contributed by atoms with Crippen molar-refractivity contribution in [3.05, 3.63) is 39.7 Å². The predicted octanol–water partition coefficient (Wildman–Crippen LogP) is 4.00. The maximum absolute atomic E-state index is 12.3. The standard InChI is InChI=1S/C18H25N3OS/c1-10-8-11(2)13(4)18(12(10)3)23-9-16(22)19-17-14(5)20-21(7)15(17)6/h8H,9H2,1-7H3,(H,19,22). The van der Waals surface area contributed by atoms with Gasteiger partial charge in [0.25, 0.3) is 0 Å². The van der Waals surface area contributed by atoms with Gasteiger partial charge in [0, 0.05) is 11.9 Å². The summed E-state index contributed by atoms with van der Waals surface area (Å²) in [5, 5.41) is 7.32. The van der Waals surface area contributed by atoms with Crippen LogP contribution >= 0.6 is 11.8 Å². The van der Waals surface area contributed by atoms with Gasteiger partial charge in [0.05, 0.1) is 22.8 Å². The summed E-state index contributed by atoms with van der Waals surface area (Å²) in [6.45, 7) is 12.4. The van der Waals surface area contributed by atoms with Gasteiger partial charge in [-0.15, -0.1) is 11.8 Å². The number of nitrogens with one attached hydrogen (secondary N) is 1. The van der Waals surface area contributed by atoms with Crippen molar-refractivity contribution in [3.8, 4) is 0 Å². The zero-order valence-corrected chi connectivity index (χ0v) is 15.8. The minimum Gasteiger partial charge on any atom is -0.322 e. The Balaban J connectivity index is 2.11. The molecule has 1 aromatic carbocycles. The number of aryl methyl sites for hydroxylation is 4. The lowest BCUT2D eigenvalue weighted by atomic mass is 10.0. The van der Waals surface area contributed by atoms with Gasteiger partial charge < -0.3 is 5.32 Å². The van der Waals surface area contributed by atoms with Crippen LogP contribution in [-0.2, 0) is 11.8 Å². The van der Waals surface area contributed by atoms with E-state index in [1.807, 2.05) is 20.9 Å². The topological polar surface area (TPSA) is 46.9 Å². The highest BCUT2D eigenvalue weighted by atomic mass is 32.2. The molecule has 0 aliphatic heterocycles. The van der Waals surface area contributed by atoms with Crippen molar-refractivity contribution < 1.29 is 4.79 Å². The first-order valence-corrected chi connectivity index (χ1v) is 8.71. The molecule has 0 bridgehead atoms. The summed E-state index contributed by atoms with van der Waals surface area (Å²) >= 11 is 1.61. The van der Waals surface area contributed by atoms with Gasteiger partial charge in [0.1, 0.15) is 0 Å². The Kier molecular flexibility index (Phi) is 5.19. The molecule has 0 saturated carbocycles. The highest BCUT2D eigenvalue weighted by Crippen LogP contribution is 2.31. The van der Waals surface area contributed by atoms with Crippen LogP contribution in [0.15, 0.2) is 11.0 Å². The first kappa shape index (κ1) is 17.6. The molecule has 4 nitrogen and oxygen atoms in total. The third-order valence-electron chi connectivity index (χ3n) is 4.42. The summed E-state index contributed by atoms with van der Waals surface area (Å²) in [5.41, 5.74) is 7.72. The maximum Gasteiger partial charge on any atom is 0.234 e. The second kappa shape index (κ2) is 6.79. The molecule has 2 rings (SSSR count). The second-order valence-corrected chi connectivity index (χ2v) is 7.08. The number of hydrogen-bond acceptors (Lipinski definition) is 3. The third-order valence-corrected chi connectivity index (χ3v) is 5.73. The average Bonchev–Trinajstić information content (AvgIpc) is 2.72. The first-order valence-electron chi connectivity index (χ1n) is 7.72. The van der Waals surface area contributed by atoms with Crippen molar-refractivity contribution in [3.63, 3.8) is 0 Å². The fraction of sp³-hybridized carbons (Fsp3) is 0.444. The molecule has 1 amide bonds. The van der Waals surface area contributed by atoms with Crippen LogP contribution < -0.4 is 5.32 Å². The van der Waals surface area contributed by atoms with Crippen LogP contribution in [0.5, 0.6) is 0 Å². The summed E-state index contributed by atoms with van der Waals surface area (Å²) in [6, 6.07) is 2.21. The maximum atomic E-state index is 12.3. The molecule has 0 unspecified atom stereocenters. The fourth-order valence-electron chi connectivity index (χ4n) is 2.66. The average molecular weight is 331 g/mol. The molecule has 1 heterocycles. The number of rotatable bonds is 4. The van der Waals surface area contributed by atoms with Gasteiger partial charge in [0.15, 0.2) is 0 Å². The van der Waals surface area contributed by atoms with E-state index in [0.717, 1.165) is 17.1 Å². The van der Waals surface area contributed by atoms with Crippen molar-refractivity contribution in [1.29, 1.82) is 0 Å². The number of anilines is 1. The number of amides is 1. The van der Waals surface area contributed by atoms with E-state index in [2.05, 4.69) is 44.2 Å². The van der Waals surface area contributed by atoms with Gasteiger partial charge in [-0.3, -0.25) is 9.48 Å². The lowest BCUT2D eigenvalue weighted by Crippen LogP contribution is -2.15. The van der Waals surface area contributed by atoms with Crippen LogP contribution in [0.1, 0.15) is 33.6 Å². The predicted molar refractivity (Wildman–Crippen MR) is 97.4 cm³/mol. The highest BCUT2D eigenvalue weighted by Gasteiger charge is 2.14. The fourth-order valence-corrected chi connectivity index (χ4v) is 3.77. The first-order chi connectivity index (χ1) is 10.7. The molecule has 0 aliphatic rings. The number of aromatic nitrogens is 2. The highest BCUT2D eigenvalue weighted by molar-refractivity contribution is 8.00. The number of carbonyl (C=O) groups excluding carboxylic acids is 1. The molecule has 0 atom stereocenters. The SMILES string of the molecule is Cc1cc(C)c(C)c(SCC(=O)Nc2c(C)nn(C)c2C)c1C. The van der Waals surface area contributed by atoms with Crippen LogP contribution in [0.2, 0.25) is 0 Å². The van der Waals surface area contributed by atoms with Gasteiger partial charge in [-0.2, -0.15) is 5.10 Å². The van der Waals surface area contributed by atoms with Gasteiger partial charge in [-0.25, -0.2) is 0 Å². The monoisotopic (exact) mass is 331 g/mol. The van der Waals surface area contributed by atoms with Crippen molar-refractivity contribution in [2.45, 2.75) is 46.4 Å². The van der Waals surface area contributed by atoms with Crippen LogP contribution in [0.4, 0.5) is 5.69 Å². The van der Waals surface area contributed by atoms with Crippen molar-refractivity contribution in [1.82, 2.24) is 9.78 Å². The molecule has 1 aromatic heterocycles. The Morgan fingerprint density at radius 1 is 1.13 bits per heavy atom. The minimum atomic E-state index is 0.00663. The lowest BCUT2D eigenvalue weighted by molar-refractivity contribution is -0.113. The van der Waals surface area contributed by atoms with Gasteiger partial charge in [-0.1, -0.05) is 6.07 Å². The molecular weight excluding hydrogens is 306 g/mol. The summed E-state index contributed by atoms with van der Waals surface area (Å²) in [5.74, 6) is 0.408. The molecule has 2 aromatic rings. The zero-order chi connectivity index (χ0) is 17.3. The zero-order valence-electron chi connectivity index (χ0n) is 15.0. The van der Waals surface area contributed by atoms with Crippen LogP contribution in [0.3, 0.4) is 0 Å². The second-order valence-electron chi connectivity index (χ2n) is 6.10. The largest absolute Gasteiger partial charge is 0.322 e. The minimum absolute atomic E-state index is 0.00663. The Labute approximate surface area is 142 Å². The Bertz CT molecular complexity index is 736. The third kappa shape index (κ3) is 3.61. The van der Waals surface area contributed by atoms with Gasteiger partial charge in [-0.05, 0) is 63.8 Å². The number of benzene rings is 1. The molecule has 5 heteroatoms. The molecule has 0 aliphatic carbocycles. The van der Waals surface area contributed by atoms with E-state index in [4.69, 9.17) is 0 Å². The Morgan fingerprint density at radius 2 is 1.70 bits per heavy atom. The number of nitrogens with zero attached hydrogens (tertiary/aromatic N) is 2. The van der Waals surface area contributed by atoms with Gasteiger partial charge in [0.2, 0.25) is 5.91 Å². The molecule has 0 radical (unpaired) electrons. The van der Waals surface area contributed by atoms with E-state index in [1.54, 1.807) is 16.4 Å². The smallest absolute Gasteiger partial charge is 0.234 e. The number of carbonyl (C=O) groups is 1. The molecule has 1 N–H and O–H groups in total. The van der Waals surface area contributed by atoms with E-state index < -0.39 is 0 Å². The molecule has 23 heavy (non-hydrogen) atoms. The Morgan fingerprint density at radius 3 is 2.17 bits per heavy atom. The molecule has 0 saturated heterocycles. The molecule has 0 fully saturated rings. The van der Waals surface area contributed by atoms with E-state index >= 15 is 0 Å². The van der Waals surface area contributed by atoms with Gasteiger partial charge >= 0.3 is 0 Å². The van der Waals surface area contributed by atoms with E-state index in [9.17, 15) is 4.79 Å². The van der Waals surface area contributed by atoms with Crippen molar-refractivity contribution in [2.24, 2.45) is 7.05 Å². The normalized spacial score (nSPS) is 10.9. The summed E-state index contributed by atoms with van der Waals surface area (Å²) < 4.78 is 1.79. The number of thioether (sulfide) groups is 1. The van der Waals surface area contributed by atoms with Crippen LogP contribution in [-0.4, -0.2) is 21.4 Å². The molecular formula is C18H25N3OS. The summed E-state index contributed by atoms with van der Waals surface area (Å²) in [4.78, 5) is 13.5. The van der Waals surface area contributed by atoms with E-state index in [0.29, 0.717) is 5.75 Å². The Hall–Kier alpha value is -1.75. The summed E-state index contributed by atoms with van der Waals surface area (Å²) in [6.07, 6.45) is 0. The van der Waals surface area contributed by atoms with Crippen molar-refractivity contribution in [2.75, 3.05) is 11.1 Å². The molecule has 124 valence electrons.